The van der Waals surface area contributed by atoms with Crippen LogP contribution in [0.4, 0.5) is 28.4 Å². The molecule has 0 heterocycles. The number of hydrogen-bond donors (Lipinski definition) is 1. The van der Waals surface area contributed by atoms with E-state index in [0.29, 0.717) is 0 Å². The van der Waals surface area contributed by atoms with Gasteiger partial charge in [-0.05, 0) is 173 Å². The van der Waals surface area contributed by atoms with Gasteiger partial charge in [-0.15, -0.1) is 0 Å². The van der Waals surface area contributed by atoms with Gasteiger partial charge in [0, 0.05) is 43.0 Å². The summed E-state index contributed by atoms with van der Waals surface area (Å²) >= 11 is 16.3. The van der Waals surface area contributed by atoms with E-state index in [0.717, 1.165) is 59.6 Å². The van der Waals surface area contributed by atoms with Gasteiger partial charge in [-0.1, -0.05) is 261 Å². The summed E-state index contributed by atoms with van der Waals surface area (Å²) in [6, 6.07) is 65.1. The molecule has 5 heteroatoms. The van der Waals surface area contributed by atoms with Crippen molar-refractivity contribution in [3.63, 3.8) is 0 Å². The Morgan fingerprint density at radius 2 is 0.545 bits per heavy atom. The van der Waals surface area contributed by atoms with Crippen molar-refractivity contribution < 1.29 is 0 Å². The van der Waals surface area contributed by atoms with Gasteiger partial charge in [-0.2, -0.15) is 0 Å². The van der Waals surface area contributed by atoms with Gasteiger partial charge in [-0.25, -0.2) is 0 Å². The van der Waals surface area contributed by atoms with Gasteiger partial charge in [0.05, 0.1) is 0 Å². The zero-order valence-corrected chi connectivity index (χ0v) is 52.5. The summed E-state index contributed by atoms with van der Waals surface area (Å²) in [5.41, 5.74) is 19.0. The predicted molar refractivity (Wildman–Crippen MR) is 345 cm³/mol. The van der Waals surface area contributed by atoms with E-state index >= 15 is 0 Å². The molecular weight excluding hydrogens is 1040 g/mol. The summed E-state index contributed by atoms with van der Waals surface area (Å²) in [6.07, 6.45) is 0. The van der Waals surface area contributed by atoms with E-state index < -0.39 is 0 Å². The van der Waals surface area contributed by atoms with E-state index in [1.54, 1.807) is 0 Å². The molecule has 0 aliphatic rings. The Morgan fingerprint density at radius 3 is 0.831 bits per heavy atom. The highest BCUT2D eigenvalue weighted by Gasteiger charge is 2.21. The molecular formula is C72H85BrCl2N2. The van der Waals surface area contributed by atoms with Crippen molar-refractivity contribution in [2.45, 2.75) is 157 Å². The summed E-state index contributed by atoms with van der Waals surface area (Å²) in [5, 5.41) is 4.93. The molecule has 0 fully saturated rings. The average Bonchev–Trinajstić information content (AvgIpc) is 3.33. The van der Waals surface area contributed by atoms with E-state index in [9.17, 15) is 0 Å². The van der Waals surface area contributed by atoms with E-state index in [-0.39, 0.29) is 32.5 Å². The van der Waals surface area contributed by atoms with E-state index in [2.05, 4.69) is 321 Å². The molecule has 8 aromatic carbocycles. The molecule has 1 N–H and O–H groups in total. The van der Waals surface area contributed by atoms with Crippen LogP contribution in [0.25, 0.3) is 22.3 Å². The number of nitrogens with zero attached hydrogens (tertiary/aromatic N) is 1. The molecule has 0 saturated heterocycles. The van der Waals surface area contributed by atoms with Crippen LogP contribution < -0.4 is 10.2 Å². The fourth-order valence-corrected chi connectivity index (χ4v) is 9.95. The highest BCUT2D eigenvalue weighted by atomic mass is 79.9. The molecule has 0 aromatic heterocycles. The third-order valence-corrected chi connectivity index (χ3v) is 14.8. The van der Waals surface area contributed by atoms with Crippen molar-refractivity contribution >= 4 is 67.6 Å². The lowest BCUT2D eigenvalue weighted by atomic mass is 9.86. The van der Waals surface area contributed by atoms with Crippen molar-refractivity contribution in [3.8, 4) is 22.3 Å². The van der Waals surface area contributed by atoms with Crippen LogP contribution in [0.5, 0.6) is 0 Å². The number of nitrogens with one attached hydrogen (secondary N) is 1. The molecule has 0 amide bonds. The molecule has 0 bridgehead atoms. The molecule has 8 rings (SSSR count). The maximum atomic E-state index is 6.77. The summed E-state index contributed by atoms with van der Waals surface area (Å²) in [6.45, 7) is 40.3. The smallest absolute Gasteiger partial charge is 0.0482 e. The minimum atomic E-state index is 0.0974. The van der Waals surface area contributed by atoms with Gasteiger partial charge in [0.2, 0.25) is 0 Å². The van der Waals surface area contributed by atoms with Crippen molar-refractivity contribution in [3.05, 3.63) is 230 Å². The van der Waals surface area contributed by atoms with Crippen LogP contribution in [0.3, 0.4) is 0 Å². The minimum absolute atomic E-state index is 0.0974. The second-order valence-corrected chi connectivity index (χ2v) is 28.5. The standard InChI is InChI=1S/C36H42ClN.C20H27N.C16H16BrCl/c1-34(2,3)27-12-10-25(11-13-27)26-22-30(37)24-33(23-26)38(31-18-14-28(15-19-31)35(4,5)6)32-20-16-29(17-21-32)36(7,8)9;1-19(2,3)15-7-11-17(12-8-15)21-18-13-9-16(10-14-18)20(4,5)6;1-16(2,3)13-6-4-11(5-7-13)12-8-14(17)10-15(18)9-12/h10-24H,1-9H3;7-14,21H,1-6H3;4-10H,1-3H3. The first-order valence-corrected chi connectivity index (χ1v) is 28.7. The van der Waals surface area contributed by atoms with Crippen LogP contribution in [-0.2, 0) is 32.5 Å². The van der Waals surface area contributed by atoms with E-state index in [1.165, 1.54) is 38.9 Å². The number of anilines is 5. The molecule has 0 atom stereocenters. The Balaban J connectivity index is 0.000000207. The molecule has 77 heavy (non-hydrogen) atoms. The van der Waals surface area contributed by atoms with Gasteiger partial charge < -0.3 is 10.2 Å². The third kappa shape index (κ3) is 17.2. The van der Waals surface area contributed by atoms with Crippen molar-refractivity contribution in [2.24, 2.45) is 0 Å². The Labute approximate surface area is 483 Å². The van der Waals surface area contributed by atoms with Crippen molar-refractivity contribution in [2.75, 3.05) is 10.2 Å². The first-order valence-electron chi connectivity index (χ1n) is 27.1. The zero-order chi connectivity index (χ0) is 56.9. The van der Waals surface area contributed by atoms with Gasteiger partial charge >= 0.3 is 0 Å². The predicted octanol–water partition coefficient (Wildman–Crippen LogP) is 23.5. The number of hydrogen-bond acceptors (Lipinski definition) is 2. The average molecular weight is 1130 g/mol. The first kappa shape index (κ1) is 60.6. The lowest BCUT2D eigenvalue weighted by Gasteiger charge is -2.28. The monoisotopic (exact) mass is 1130 g/mol. The van der Waals surface area contributed by atoms with Gasteiger partial charge in [0.15, 0.2) is 0 Å². The lowest BCUT2D eigenvalue weighted by Crippen LogP contribution is -2.14. The summed E-state index contributed by atoms with van der Waals surface area (Å²) in [5.74, 6) is 0. The summed E-state index contributed by atoms with van der Waals surface area (Å²) in [7, 11) is 0. The quantitative estimate of drug-likeness (QED) is 0.171. The number of rotatable bonds is 7. The van der Waals surface area contributed by atoms with Crippen LogP contribution >= 0.6 is 39.1 Å². The zero-order valence-electron chi connectivity index (χ0n) is 49.4. The second-order valence-electron chi connectivity index (χ2n) is 26.7. The minimum Gasteiger partial charge on any atom is -0.356 e. The molecule has 2 nitrogen and oxygen atoms in total. The van der Waals surface area contributed by atoms with Crippen molar-refractivity contribution in [1.82, 2.24) is 0 Å². The van der Waals surface area contributed by atoms with Crippen LogP contribution in [-0.4, -0.2) is 0 Å². The molecule has 0 spiro atoms. The molecule has 0 aliphatic heterocycles. The fraction of sp³-hybridized carbons (Fsp3) is 0.333. The highest BCUT2D eigenvalue weighted by Crippen LogP contribution is 2.41. The SMILES string of the molecule is CC(C)(C)c1ccc(-c2cc(Cl)cc(Br)c2)cc1.CC(C)(C)c1ccc(-c2cc(Cl)cc(N(c3ccc(C(C)(C)C)cc3)c3ccc(C(C)(C)C)cc3)c2)cc1.CC(C)(C)c1ccc(Nc2ccc(C(C)(C)C)cc2)cc1. The molecule has 404 valence electrons. The fourth-order valence-electron chi connectivity index (χ4n) is 8.86. The number of benzene rings is 8. The normalized spacial score (nSPS) is 12.2. The van der Waals surface area contributed by atoms with E-state index in [1.807, 2.05) is 12.1 Å². The number of halogens is 3. The Hall–Kier alpha value is -5.58. The Morgan fingerprint density at radius 1 is 0.286 bits per heavy atom. The topological polar surface area (TPSA) is 15.3 Å². The second kappa shape index (κ2) is 24.2. The van der Waals surface area contributed by atoms with Crippen LogP contribution in [0.2, 0.25) is 10.0 Å². The Kier molecular flexibility index (Phi) is 19.1. The molecule has 0 aliphatic carbocycles. The van der Waals surface area contributed by atoms with Crippen LogP contribution in [0.1, 0.15) is 158 Å². The highest BCUT2D eigenvalue weighted by molar-refractivity contribution is 9.10. The third-order valence-electron chi connectivity index (χ3n) is 13.9. The maximum Gasteiger partial charge on any atom is 0.0482 e. The van der Waals surface area contributed by atoms with E-state index in [4.69, 9.17) is 23.2 Å². The summed E-state index contributed by atoms with van der Waals surface area (Å²) < 4.78 is 1.00. The van der Waals surface area contributed by atoms with Crippen LogP contribution in [0, 0.1) is 0 Å². The molecule has 8 aromatic rings. The molecule has 0 saturated carbocycles. The largest absolute Gasteiger partial charge is 0.356 e. The lowest BCUT2D eigenvalue weighted by molar-refractivity contribution is 0.590. The van der Waals surface area contributed by atoms with Gasteiger partial charge in [0.25, 0.3) is 0 Å². The first-order chi connectivity index (χ1) is 35.6. The van der Waals surface area contributed by atoms with Gasteiger partial charge in [-0.3, -0.25) is 0 Å². The molecule has 0 radical (unpaired) electrons. The molecule has 0 unspecified atom stereocenters. The Bertz CT molecular complexity index is 3030. The van der Waals surface area contributed by atoms with Crippen molar-refractivity contribution in [1.29, 1.82) is 0 Å². The van der Waals surface area contributed by atoms with Gasteiger partial charge in [0.1, 0.15) is 0 Å². The van der Waals surface area contributed by atoms with Crippen LogP contribution in [0.15, 0.2) is 186 Å². The maximum absolute atomic E-state index is 6.77. The summed E-state index contributed by atoms with van der Waals surface area (Å²) in [4.78, 5) is 2.30.